The molecule has 1 aromatic heterocycles. The third kappa shape index (κ3) is 4.88. The number of nitrogens with zero attached hydrogens (tertiary/aromatic N) is 1. The number of carbonyl (C=O) groups is 2. The highest BCUT2D eigenvalue weighted by Crippen LogP contribution is 2.32. The average molecular weight is 484 g/mol. The summed E-state index contributed by atoms with van der Waals surface area (Å²) in [6.07, 6.45) is 0.972. The molecule has 0 fully saturated rings. The van der Waals surface area contributed by atoms with Crippen LogP contribution < -0.4 is 15.8 Å². The number of hydrogen-bond donors (Lipinski definition) is 2. The van der Waals surface area contributed by atoms with Gasteiger partial charge in [0.15, 0.2) is 0 Å². The number of hydrogen-bond acceptors (Lipinski definition) is 3. The molecule has 0 unspecified atom stereocenters. The summed E-state index contributed by atoms with van der Waals surface area (Å²) in [5, 5.41) is 3.46. The molecule has 3 aromatic carbocycles. The Hall–Kier alpha value is -4.16. The van der Waals surface area contributed by atoms with Crippen LogP contribution in [0.4, 0.5) is 11.4 Å². The fraction of sp³-hybridized carbons (Fsp3) is 0.107. The summed E-state index contributed by atoms with van der Waals surface area (Å²) in [7, 11) is 0. The van der Waals surface area contributed by atoms with Crippen LogP contribution in [0.3, 0.4) is 0 Å². The second kappa shape index (κ2) is 9.60. The van der Waals surface area contributed by atoms with Gasteiger partial charge < -0.3 is 15.2 Å². The number of aryl methyl sites for hydroxylation is 1. The summed E-state index contributed by atoms with van der Waals surface area (Å²) in [5.41, 5.74) is 4.41. The zero-order valence-electron chi connectivity index (χ0n) is 18.8. The minimum atomic E-state index is -0.490. The highest BCUT2D eigenvalue weighted by Gasteiger charge is 2.25. The number of carbonyl (C=O) groups excluding carboxylic acids is 2. The zero-order chi connectivity index (χ0) is 24.4. The third-order valence-corrected chi connectivity index (χ3v) is 6.28. The van der Waals surface area contributed by atoms with Gasteiger partial charge in [0.2, 0.25) is 5.91 Å². The van der Waals surface area contributed by atoms with E-state index in [0.717, 1.165) is 22.4 Å². The van der Waals surface area contributed by atoms with Gasteiger partial charge in [0.05, 0.1) is 6.54 Å². The Morgan fingerprint density at radius 3 is 2.43 bits per heavy atom. The van der Waals surface area contributed by atoms with Crippen LogP contribution >= 0.6 is 11.6 Å². The van der Waals surface area contributed by atoms with Crippen LogP contribution in [-0.2, 0) is 17.8 Å². The Morgan fingerprint density at radius 2 is 1.69 bits per heavy atom. The molecule has 0 atom stereocenters. The molecule has 5 rings (SSSR count). The fourth-order valence-corrected chi connectivity index (χ4v) is 4.35. The SMILES string of the molecule is O=C(Nc1ccc2c(c1)CCC(=O)N2Cc1ccc(Cl)cc1)c1ccc(-c2ccccc2)[nH]c1=O. The Labute approximate surface area is 207 Å². The summed E-state index contributed by atoms with van der Waals surface area (Å²) in [5.74, 6) is -0.440. The largest absolute Gasteiger partial charge is 0.322 e. The van der Waals surface area contributed by atoms with Crippen molar-refractivity contribution in [1.82, 2.24) is 4.98 Å². The molecule has 174 valence electrons. The van der Waals surface area contributed by atoms with E-state index in [4.69, 9.17) is 11.6 Å². The predicted octanol–water partition coefficient (Wildman–Crippen LogP) is 5.43. The quantitative estimate of drug-likeness (QED) is 0.397. The number of nitrogens with one attached hydrogen (secondary N) is 2. The summed E-state index contributed by atoms with van der Waals surface area (Å²) in [4.78, 5) is 42.6. The molecule has 2 amide bonds. The predicted molar refractivity (Wildman–Crippen MR) is 138 cm³/mol. The van der Waals surface area contributed by atoms with Crippen molar-refractivity contribution in [3.05, 3.63) is 117 Å². The van der Waals surface area contributed by atoms with Crippen molar-refractivity contribution in [2.75, 3.05) is 10.2 Å². The smallest absolute Gasteiger partial charge is 0.261 e. The maximum absolute atomic E-state index is 12.8. The van der Waals surface area contributed by atoms with Crippen LogP contribution in [0.5, 0.6) is 0 Å². The number of fused-ring (bicyclic) bond motifs is 1. The lowest BCUT2D eigenvalue weighted by molar-refractivity contribution is -0.119. The van der Waals surface area contributed by atoms with Crippen LogP contribution in [0, 0.1) is 0 Å². The summed E-state index contributed by atoms with van der Waals surface area (Å²) < 4.78 is 0. The number of aromatic amines is 1. The molecule has 0 bridgehead atoms. The fourth-order valence-electron chi connectivity index (χ4n) is 4.22. The second-order valence-electron chi connectivity index (χ2n) is 8.38. The van der Waals surface area contributed by atoms with Crippen LogP contribution in [0.1, 0.15) is 27.9 Å². The lowest BCUT2D eigenvalue weighted by Crippen LogP contribution is -2.34. The summed E-state index contributed by atoms with van der Waals surface area (Å²) in [6, 6.07) is 25.5. The van der Waals surface area contributed by atoms with Gasteiger partial charge in [0.25, 0.3) is 11.5 Å². The maximum atomic E-state index is 12.8. The van der Waals surface area contributed by atoms with E-state index in [1.807, 2.05) is 54.6 Å². The van der Waals surface area contributed by atoms with Gasteiger partial charge in [-0.15, -0.1) is 0 Å². The number of rotatable bonds is 5. The Kier molecular flexibility index (Phi) is 6.21. The minimum absolute atomic E-state index is 0.0296. The monoisotopic (exact) mass is 483 g/mol. The van der Waals surface area contributed by atoms with Crippen molar-refractivity contribution in [2.45, 2.75) is 19.4 Å². The Balaban J connectivity index is 1.35. The molecular weight excluding hydrogens is 462 g/mol. The molecule has 7 heteroatoms. The molecule has 2 N–H and O–H groups in total. The van der Waals surface area contributed by atoms with E-state index >= 15 is 0 Å². The number of pyridine rings is 1. The Morgan fingerprint density at radius 1 is 0.914 bits per heavy atom. The van der Waals surface area contributed by atoms with Gasteiger partial charge in [0.1, 0.15) is 5.56 Å². The highest BCUT2D eigenvalue weighted by molar-refractivity contribution is 6.30. The van der Waals surface area contributed by atoms with E-state index in [1.54, 1.807) is 29.2 Å². The van der Waals surface area contributed by atoms with Crippen LogP contribution in [0.15, 0.2) is 89.7 Å². The number of amides is 2. The first-order valence-corrected chi connectivity index (χ1v) is 11.6. The van der Waals surface area contributed by atoms with Gasteiger partial charge >= 0.3 is 0 Å². The molecule has 2 heterocycles. The molecule has 1 aliphatic heterocycles. The molecular formula is C28H22ClN3O3. The minimum Gasteiger partial charge on any atom is -0.322 e. The van der Waals surface area contributed by atoms with Crippen LogP contribution in [0.2, 0.25) is 5.02 Å². The molecule has 1 aliphatic rings. The number of anilines is 2. The van der Waals surface area contributed by atoms with E-state index in [-0.39, 0.29) is 11.5 Å². The van der Waals surface area contributed by atoms with E-state index < -0.39 is 11.5 Å². The molecule has 35 heavy (non-hydrogen) atoms. The first-order valence-electron chi connectivity index (χ1n) is 11.3. The molecule has 0 radical (unpaired) electrons. The maximum Gasteiger partial charge on any atom is 0.261 e. The average Bonchev–Trinajstić information content (AvgIpc) is 2.87. The normalized spacial score (nSPS) is 12.8. The molecule has 6 nitrogen and oxygen atoms in total. The second-order valence-corrected chi connectivity index (χ2v) is 8.82. The molecule has 0 spiro atoms. The van der Waals surface area contributed by atoms with Crippen molar-refractivity contribution >= 4 is 34.8 Å². The number of benzene rings is 3. The van der Waals surface area contributed by atoms with E-state index in [0.29, 0.717) is 35.8 Å². The molecule has 4 aromatic rings. The number of aromatic nitrogens is 1. The van der Waals surface area contributed by atoms with E-state index in [2.05, 4.69) is 10.3 Å². The van der Waals surface area contributed by atoms with Crippen LogP contribution in [0.25, 0.3) is 11.3 Å². The molecule has 0 saturated carbocycles. The van der Waals surface area contributed by atoms with Gasteiger partial charge in [-0.1, -0.05) is 54.1 Å². The highest BCUT2D eigenvalue weighted by atomic mass is 35.5. The zero-order valence-corrected chi connectivity index (χ0v) is 19.5. The molecule has 0 saturated heterocycles. The van der Waals surface area contributed by atoms with Crippen molar-refractivity contribution < 1.29 is 9.59 Å². The topological polar surface area (TPSA) is 82.3 Å². The van der Waals surface area contributed by atoms with E-state index in [1.165, 1.54) is 6.07 Å². The van der Waals surface area contributed by atoms with Gasteiger partial charge in [0, 0.05) is 28.5 Å². The lowest BCUT2D eigenvalue weighted by Gasteiger charge is -2.30. The van der Waals surface area contributed by atoms with Gasteiger partial charge in [-0.05, 0) is 65.6 Å². The van der Waals surface area contributed by atoms with Crippen molar-refractivity contribution in [3.8, 4) is 11.3 Å². The summed E-state index contributed by atoms with van der Waals surface area (Å²) in [6.45, 7) is 0.442. The van der Waals surface area contributed by atoms with Gasteiger partial charge in [-0.2, -0.15) is 0 Å². The third-order valence-electron chi connectivity index (χ3n) is 6.03. The Bertz CT molecular complexity index is 1460. The first-order chi connectivity index (χ1) is 17.0. The first kappa shape index (κ1) is 22.6. The summed E-state index contributed by atoms with van der Waals surface area (Å²) >= 11 is 5.98. The molecule has 0 aliphatic carbocycles. The standard InChI is InChI=1S/C28H22ClN3O3/c29-21-9-6-18(7-10-21)17-32-25-14-11-22(16-20(25)8-15-26(32)33)30-27(34)23-12-13-24(31-28(23)35)19-4-2-1-3-5-19/h1-7,9-14,16H,8,15,17H2,(H,30,34)(H,31,35). The van der Waals surface area contributed by atoms with Gasteiger partial charge in [-0.25, -0.2) is 0 Å². The van der Waals surface area contributed by atoms with Crippen molar-refractivity contribution in [2.24, 2.45) is 0 Å². The van der Waals surface area contributed by atoms with Crippen LogP contribution in [-0.4, -0.2) is 16.8 Å². The van der Waals surface area contributed by atoms with Crippen molar-refractivity contribution in [3.63, 3.8) is 0 Å². The van der Waals surface area contributed by atoms with Gasteiger partial charge in [-0.3, -0.25) is 14.4 Å². The van der Waals surface area contributed by atoms with Crippen molar-refractivity contribution in [1.29, 1.82) is 0 Å². The lowest BCUT2D eigenvalue weighted by atomic mass is 9.99. The number of halogens is 1. The number of H-pyrrole nitrogens is 1. The van der Waals surface area contributed by atoms with E-state index in [9.17, 15) is 14.4 Å².